The molecule has 2 fully saturated rings. The maximum Gasteiger partial charge on any atom is 0.0481 e. The first kappa shape index (κ1) is 13.1. The number of benzene rings is 1. The minimum atomic E-state index is 0.617. The van der Waals surface area contributed by atoms with Crippen LogP contribution in [0.3, 0.4) is 0 Å². The van der Waals surface area contributed by atoms with Gasteiger partial charge in [0.05, 0.1) is 0 Å². The molecule has 1 aliphatic heterocycles. The van der Waals surface area contributed by atoms with Gasteiger partial charge in [-0.2, -0.15) is 0 Å². The van der Waals surface area contributed by atoms with Crippen molar-refractivity contribution in [2.75, 3.05) is 24.2 Å². The molecule has 1 heterocycles. The Balaban J connectivity index is 1.61. The van der Waals surface area contributed by atoms with E-state index in [9.17, 15) is 0 Å². The molecular formula is C16H22N2S. The monoisotopic (exact) mass is 274 g/mol. The molecule has 1 saturated heterocycles. The number of thioether (sulfide) groups is 1. The Morgan fingerprint density at radius 2 is 2.16 bits per heavy atom. The Hall–Kier alpha value is -0.930. The van der Waals surface area contributed by atoms with E-state index in [0.717, 1.165) is 11.8 Å². The Labute approximate surface area is 120 Å². The largest absolute Gasteiger partial charge is 0.380 e. The average molecular weight is 274 g/mol. The SMILES string of the molecule is C=CCSc1ccccc1NC1CCN(C2CC2)C1. The van der Waals surface area contributed by atoms with Crippen molar-refractivity contribution in [3.05, 3.63) is 36.9 Å². The minimum absolute atomic E-state index is 0.617. The van der Waals surface area contributed by atoms with E-state index < -0.39 is 0 Å². The van der Waals surface area contributed by atoms with E-state index in [1.165, 1.54) is 42.9 Å². The number of hydrogen-bond donors (Lipinski definition) is 1. The topological polar surface area (TPSA) is 15.3 Å². The van der Waals surface area contributed by atoms with Crippen LogP contribution in [0.5, 0.6) is 0 Å². The van der Waals surface area contributed by atoms with Crippen LogP contribution in [0.4, 0.5) is 5.69 Å². The third kappa shape index (κ3) is 3.34. The van der Waals surface area contributed by atoms with Gasteiger partial charge in [-0.05, 0) is 31.4 Å². The number of nitrogens with zero attached hydrogens (tertiary/aromatic N) is 1. The summed E-state index contributed by atoms with van der Waals surface area (Å²) >= 11 is 1.86. The molecule has 1 aromatic carbocycles. The fourth-order valence-corrected chi connectivity index (χ4v) is 3.51. The molecule has 2 aliphatic rings. The second-order valence-corrected chi connectivity index (χ2v) is 6.51. The van der Waals surface area contributed by atoms with Gasteiger partial charge in [-0.25, -0.2) is 0 Å². The van der Waals surface area contributed by atoms with Crippen molar-refractivity contribution in [2.24, 2.45) is 0 Å². The zero-order chi connectivity index (χ0) is 13.1. The fourth-order valence-electron chi connectivity index (χ4n) is 2.76. The van der Waals surface area contributed by atoms with Crippen LogP contribution in [0.2, 0.25) is 0 Å². The quantitative estimate of drug-likeness (QED) is 0.630. The summed E-state index contributed by atoms with van der Waals surface area (Å²) in [6.07, 6.45) is 6.07. The van der Waals surface area contributed by atoms with Crippen LogP contribution in [-0.4, -0.2) is 35.8 Å². The summed E-state index contributed by atoms with van der Waals surface area (Å²) in [6, 6.07) is 10.1. The molecule has 3 heteroatoms. The first-order valence-corrected chi connectivity index (χ1v) is 8.18. The third-order valence-corrected chi connectivity index (χ3v) is 4.96. The van der Waals surface area contributed by atoms with Crippen LogP contribution in [0.1, 0.15) is 19.3 Å². The third-order valence-electron chi connectivity index (χ3n) is 3.89. The summed E-state index contributed by atoms with van der Waals surface area (Å²) in [5.74, 6) is 0.970. The van der Waals surface area contributed by atoms with Gasteiger partial charge in [0.1, 0.15) is 0 Å². The molecule has 1 saturated carbocycles. The zero-order valence-corrected chi connectivity index (χ0v) is 12.2. The van der Waals surface area contributed by atoms with Gasteiger partial charge in [0.15, 0.2) is 0 Å². The Kier molecular flexibility index (Phi) is 4.14. The number of rotatable bonds is 6. The Bertz CT molecular complexity index is 442. The van der Waals surface area contributed by atoms with Gasteiger partial charge in [0, 0.05) is 41.5 Å². The number of likely N-dealkylation sites (tertiary alicyclic amines) is 1. The molecular weight excluding hydrogens is 252 g/mol. The second kappa shape index (κ2) is 6.02. The van der Waals surface area contributed by atoms with E-state index in [-0.39, 0.29) is 0 Å². The van der Waals surface area contributed by atoms with Gasteiger partial charge in [0.2, 0.25) is 0 Å². The molecule has 1 aliphatic carbocycles. The average Bonchev–Trinajstić information content (AvgIpc) is 3.19. The van der Waals surface area contributed by atoms with E-state index in [4.69, 9.17) is 0 Å². The molecule has 1 aromatic rings. The van der Waals surface area contributed by atoms with Crippen molar-refractivity contribution in [2.45, 2.75) is 36.2 Å². The molecule has 1 unspecified atom stereocenters. The number of hydrogen-bond acceptors (Lipinski definition) is 3. The Morgan fingerprint density at radius 3 is 2.95 bits per heavy atom. The van der Waals surface area contributed by atoms with E-state index in [1.54, 1.807) is 0 Å². The molecule has 1 N–H and O–H groups in total. The van der Waals surface area contributed by atoms with Crippen molar-refractivity contribution in [1.29, 1.82) is 0 Å². The van der Waals surface area contributed by atoms with Gasteiger partial charge in [-0.3, -0.25) is 4.90 Å². The summed E-state index contributed by atoms with van der Waals surface area (Å²) in [7, 11) is 0. The van der Waals surface area contributed by atoms with Crippen molar-refractivity contribution in [1.82, 2.24) is 4.90 Å². The predicted octanol–water partition coefficient (Wildman–Crippen LogP) is 3.61. The number of anilines is 1. The maximum atomic E-state index is 3.80. The summed E-state index contributed by atoms with van der Waals surface area (Å²) in [5.41, 5.74) is 1.29. The summed E-state index contributed by atoms with van der Waals surface area (Å²) < 4.78 is 0. The predicted molar refractivity (Wildman–Crippen MR) is 84.0 cm³/mol. The smallest absolute Gasteiger partial charge is 0.0481 e. The molecule has 19 heavy (non-hydrogen) atoms. The standard InChI is InChI=1S/C16H22N2S/c1-2-11-19-16-6-4-3-5-15(16)17-13-9-10-18(12-13)14-7-8-14/h2-6,13-14,17H,1,7-12H2. The van der Waals surface area contributed by atoms with Gasteiger partial charge in [0.25, 0.3) is 0 Å². The van der Waals surface area contributed by atoms with Crippen molar-refractivity contribution < 1.29 is 0 Å². The molecule has 1 atom stereocenters. The number of para-hydroxylation sites is 1. The maximum absolute atomic E-state index is 3.80. The van der Waals surface area contributed by atoms with Crippen LogP contribution in [0.15, 0.2) is 41.8 Å². The van der Waals surface area contributed by atoms with Crippen molar-refractivity contribution in [3.63, 3.8) is 0 Å². The molecule has 0 aromatic heterocycles. The lowest BCUT2D eigenvalue weighted by atomic mass is 10.2. The molecule has 2 nitrogen and oxygen atoms in total. The molecule has 0 amide bonds. The van der Waals surface area contributed by atoms with Crippen LogP contribution in [0, 0.1) is 0 Å². The van der Waals surface area contributed by atoms with Gasteiger partial charge in [-0.15, -0.1) is 18.3 Å². The fraction of sp³-hybridized carbons (Fsp3) is 0.500. The molecule has 0 bridgehead atoms. The van der Waals surface area contributed by atoms with Gasteiger partial charge < -0.3 is 5.32 Å². The van der Waals surface area contributed by atoms with Crippen LogP contribution in [0.25, 0.3) is 0 Å². The molecule has 0 spiro atoms. The van der Waals surface area contributed by atoms with E-state index in [1.807, 2.05) is 17.8 Å². The van der Waals surface area contributed by atoms with Crippen molar-refractivity contribution >= 4 is 17.4 Å². The first-order valence-electron chi connectivity index (χ1n) is 7.20. The molecule has 102 valence electrons. The highest BCUT2D eigenvalue weighted by Crippen LogP contribution is 2.32. The highest BCUT2D eigenvalue weighted by molar-refractivity contribution is 7.99. The lowest BCUT2D eigenvalue weighted by Crippen LogP contribution is -2.27. The molecule has 0 radical (unpaired) electrons. The lowest BCUT2D eigenvalue weighted by Gasteiger charge is -2.18. The van der Waals surface area contributed by atoms with Crippen LogP contribution < -0.4 is 5.32 Å². The van der Waals surface area contributed by atoms with E-state index in [2.05, 4.69) is 41.1 Å². The van der Waals surface area contributed by atoms with Crippen molar-refractivity contribution in [3.8, 4) is 0 Å². The normalized spacial score (nSPS) is 23.5. The minimum Gasteiger partial charge on any atom is -0.380 e. The highest BCUT2D eigenvalue weighted by Gasteiger charge is 2.34. The van der Waals surface area contributed by atoms with E-state index in [0.29, 0.717) is 6.04 Å². The van der Waals surface area contributed by atoms with Crippen LogP contribution in [-0.2, 0) is 0 Å². The van der Waals surface area contributed by atoms with E-state index >= 15 is 0 Å². The second-order valence-electron chi connectivity index (χ2n) is 5.45. The number of nitrogens with one attached hydrogen (secondary N) is 1. The Morgan fingerprint density at radius 1 is 1.32 bits per heavy atom. The summed E-state index contributed by atoms with van der Waals surface area (Å²) in [4.78, 5) is 3.99. The first-order chi connectivity index (χ1) is 9.36. The van der Waals surface area contributed by atoms with Gasteiger partial charge in [-0.1, -0.05) is 18.2 Å². The van der Waals surface area contributed by atoms with Crippen LogP contribution >= 0.6 is 11.8 Å². The lowest BCUT2D eigenvalue weighted by molar-refractivity contribution is 0.326. The zero-order valence-electron chi connectivity index (χ0n) is 11.3. The van der Waals surface area contributed by atoms with Gasteiger partial charge >= 0.3 is 0 Å². The highest BCUT2D eigenvalue weighted by atomic mass is 32.2. The molecule has 3 rings (SSSR count). The summed E-state index contributed by atoms with van der Waals surface area (Å²) in [5, 5.41) is 3.73. The summed E-state index contributed by atoms with van der Waals surface area (Å²) in [6.45, 7) is 6.28.